The van der Waals surface area contributed by atoms with Gasteiger partial charge in [-0.2, -0.15) is 18.2 Å². The molecule has 0 aromatic carbocycles. The first-order valence-corrected chi connectivity index (χ1v) is 10.8. The van der Waals surface area contributed by atoms with Gasteiger partial charge in [0.2, 0.25) is 11.9 Å². The molecule has 3 rings (SSSR count). The SMILES string of the molecule is CCc1cc2c(N3CCN(C(=O)CC(F)(F)F)CC3)nc(N(CC)C(=O)CO)nc2s1. The van der Waals surface area contributed by atoms with Crippen molar-refractivity contribution in [2.45, 2.75) is 32.9 Å². The van der Waals surface area contributed by atoms with Gasteiger partial charge in [0.1, 0.15) is 23.7 Å². The number of anilines is 2. The van der Waals surface area contributed by atoms with Crippen molar-refractivity contribution in [2.75, 3.05) is 49.1 Å². The van der Waals surface area contributed by atoms with Crippen LogP contribution in [0.15, 0.2) is 6.07 Å². The number of fused-ring (bicyclic) bond motifs is 1. The van der Waals surface area contributed by atoms with Crippen molar-refractivity contribution in [2.24, 2.45) is 0 Å². The molecule has 1 aliphatic heterocycles. The standard InChI is InChI=1S/C19H24F3N5O3S/c1-3-12-9-13-16(23-18(24-17(13)31-12)27(4-2)15(30)11-28)26-7-5-25(6-8-26)14(29)10-19(20,21)22/h9,28H,3-8,10-11H2,1-2H3. The Hall–Kier alpha value is -2.47. The summed E-state index contributed by atoms with van der Waals surface area (Å²) in [6.07, 6.45) is -5.20. The number of hydrogen-bond acceptors (Lipinski definition) is 7. The number of hydrogen-bond donors (Lipinski definition) is 1. The molecule has 0 radical (unpaired) electrons. The van der Waals surface area contributed by atoms with E-state index in [0.29, 0.717) is 23.7 Å². The number of thiophene rings is 1. The maximum absolute atomic E-state index is 12.5. The zero-order chi connectivity index (χ0) is 22.8. The van der Waals surface area contributed by atoms with Gasteiger partial charge in [-0.15, -0.1) is 11.3 Å². The first-order valence-electron chi connectivity index (χ1n) is 9.98. The molecule has 2 amide bonds. The van der Waals surface area contributed by atoms with Gasteiger partial charge in [-0.25, -0.2) is 4.98 Å². The fourth-order valence-corrected chi connectivity index (χ4v) is 4.40. The lowest BCUT2D eigenvalue weighted by atomic mass is 10.2. The molecule has 0 bridgehead atoms. The predicted octanol–water partition coefficient (Wildman–Crippen LogP) is 2.20. The van der Waals surface area contributed by atoms with Crippen molar-refractivity contribution in [1.29, 1.82) is 0 Å². The summed E-state index contributed by atoms with van der Waals surface area (Å²) >= 11 is 1.48. The Morgan fingerprint density at radius 1 is 1.19 bits per heavy atom. The fraction of sp³-hybridized carbons (Fsp3) is 0.579. The third-order valence-corrected chi connectivity index (χ3v) is 6.21. The van der Waals surface area contributed by atoms with Gasteiger partial charge in [-0.1, -0.05) is 6.92 Å². The topological polar surface area (TPSA) is 89.9 Å². The number of amides is 2. The summed E-state index contributed by atoms with van der Waals surface area (Å²) in [6, 6.07) is 1.98. The molecule has 12 heteroatoms. The second kappa shape index (κ2) is 9.35. The van der Waals surface area contributed by atoms with Crippen LogP contribution in [-0.4, -0.2) is 77.3 Å². The van der Waals surface area contributed by atoms with E-state index in [1.165, 1.54) is 21.1 Å². The van der Waals surface area contributed by atoms with Crippen molar-refractivity contribution >= 4 is 45.1 Å². The Kier molecular flexibility index (Phi) is 6.99. The molecular weight excluding hydrogens is 435 g/mol. The van der Waals surface area contributed by atoms with Crippen LogP contribution in [0.1, 0.15) is 25.1 Å². The highest BCUT2D eigenvalue weighted by molar-refractivity contribution is 7.18. The average molecular weight is 459 g/mol. The third kappa shape index (κ3) is 5.24. The summed E-state index contributed by atoms with van der Waals surface area (Å²) in [5.41, 5.74) is 0. The molecule has 0 unspecified atom stereocenters. The highest BCUT2D eigenvalue weighted by Crippen LogP contribution is 2.34. The summed E-state index contributed by atoms with van der Waals surface area (Å²) in [5.74, 6) is -0.718. The normalized spacial score (nSPS) is 14.9. The first-order chi connectivity index (χ1) is 14.7. The molecule has 31 heavy (non-hydrogen) atoms. The molecule has 0 saturated carbocycles. The van der Waals surface area contributed by atoms with Crippen LogP contribution in [0.2, 0.25) is 0 Å². The largest absolute Gasteiger partial charge is 0.397 e. The minimum absolute atomic E-state index is 0.146. The van der Waals surface area contributed by atoms with E-state index in [2.05, 4.69) is 9.97 Å². The van der Waals surface area contributed by atoms with E-state index >= 15 is 0 Å². The molecule has 1 saturated heterocycles. The number of aliphatic hydroxyl groups is 1. The number of aryl methyl sites for hydroxylation is 1. The summed E-state index contributed by atoms with van der Waals surface area (Å²) < 4.78 is 37.6. The van der Waals surface area contributed by atoms with Crippen molar-refractivity contribution in [1.82, 2.24) is 14.9 Å². The average Bonchev–Trinajstić information content (AvgIpc) is 3.15. The van der Waals surface area contributed by atoms with Crippen molar-refractivity contribution in [3.05, 3.63) is 10.9 Å². The predicted molar refractivity (Wildman–Crippen MR) is 111 cm³/mol. The lowest BCUT2D eigenvalue weighted by molar-refractivity contribution is -0.161. The number of piperazine rings is 1. The molecule has 2 aromatic heterocycles. The summed E-state index contributed by atoms with van der Waals surface area (Å²) in [4.78, 5) is 39.3. The molecular formula is C19H24F3N5O3S. The summed E-state index contributed by atoms with van der Waals surface area (Å²) in [7, 11) is 0. The van der Waals surface area contributed by atoms with Crippen LogP contribution in [0.4, 0.5) is 24.9 Å². The molecule has 1 aliphatic rings. The van der Waals surface area contributed by atoms with Crippen LogP contribution in [0.3, 0.4) is 0 Å². The van der Waals surface area contributed by atoms with E-state index in [0.717, 1.165) is 16.7 Å². The monoisotopic (exact) mass is 459 g/mol. The Labute approximate surface area is 181 Å². The molecule has 0 spiro atoms. The van der Waals surface area contributed by atoms with E-state index in [1.54, 1.807) is 6.92 Å². The van der Waals surface area contributed by atoms with Crippen LogP contribution >= 0.6 is 11.3 Å². The summed E-state index contributed by atoms with van der Waals surface area (Å²) in [6.45, 7) is 4.28. The van der Waals surface area contributed by atoms with Gasteiger partial charge in [0.25, 0.3) is 5.91 Å². The lowest BCUT2D eigenvalue weighted by Gasteiger charge is -2.36. The van der Waals surface area contributed by atoms with Crippen molar-refractivity contribution < 1.29 is 27.9 Å². The van der Waals surface area contributed by atoms with E-state index in [1.807, 2.05) is 17.9 Å². The molecule has 1 N–H and O–H groups in total. The maximum atomic E-state index is 12.5. The van der Waals surface area contributed by atoms with Crippen LogP contribution in [0.25, 0.3) is 10.2 Å². The number of carbonyl (C=O) groups excluding carboxylic acids is 2. The number of carbonyl (C=O) groups is 2. The zero-order valence-corrected chi connectivity index (χ0v) is 18.1. The number of nitrogens with zero attached hydrogens (tertiary/aromatic N) is 5. The third-order valence-electron chi connectivity index (χ3n) is 5.04. The lowest BCUT2D eigenvalue weighted by Crippen LogP contribution is -2.50. The minimum Gasteiger partial charge on any atom is -0.387 e. The van der Waals surface area contributed by atoms with E-state index in [9.17, 15) is 27.9 Å². The second-order valence-corrected chi connectivity index (χ2v) is 8.20. The Morgan fingerprint density at radius 2 is 1.87 bits per heavy atom. The van der Waals surface area contributed by atoms with Gasteiger partial charge in [0, 0.05) is 37.6 Å². The fourth-order valence-electron chi connectivity index (χ4n) is 3.45. The van der Waals surface area contributed by atoms with Gasteiger partial charge in [-0.05, 0) is 19.4 Å². The van der Waals surface area contributed by atoms with E-state index in [-0.39, 0.29) is 25.6 Å². The van der Waals surface area contributed by atoms with Crippen molar-refractivity contribution in [3.63, 3.8) is 0 Å². The number of aromatic nitrogens is 2. The number of alkyl halides is 3. The van der Waals surface area contributed by atoms with Gasteiger partial charge >= 0.3 is 6.18 Å². The number of rotatable bonds is 6. The number of halogens is 3. The maximum Gasteiger partial charge on any atom is 0.397 e. The molecule has 0 atom stereocenters. The van der Waals surface area contributed by atoms with Gasteiger partial charge in [0.05, 0.1) is 5.39 Å². The Bertz CT molecular complexity index is 957. The quantitative estimate of drug-likeness (QED) is 0.713. The Morgan fingerprint density at radius 3 is 2.42 bits per heavy atom. The van der Waals surface area contributed by atoms with Crippen LogP contribution in [-0.2, 0) is 16.0 Å². The first kappa shape index (κ1) is 23.2. The minimum atomic E-state index is -4.53. The molecule has 3 heterocycles. The van der Waals surface area contributed by atoms with Gasteiger partial charge in [-0.3, -0.25) is 14.5 Å². The molecule has 8 nitrogen and oxygen atoms in total. The van der Waals surface area contributed by atoms with Crippen LogP contribution in [0.5, 0.6) is 0 Å². The smallest absolute Gasteiger partial charge is 0.387 e. The second-order valence-electron chi connectivity index (χ2n) is 7.09. The zero-order valence-electron chi connectivity index (χ0n) is 17.3. The van der Waals surface area contributed by atoms with Gasteiger partial charge in [0.15, 0.2) is 0 Å². The van der Waals surface area contributed by atoms with Crippen molar-refractivity contribution in [3.8, 4) is 0 Å². The van der Waals surface area contributed by atoms with Gasteiger partial charge < -0.3 is 14.9 Å². The van der Waals surface area contributed by atoms with E-state index in [4.69, 9.17) is 0 Å². The van der Waals surface area contributed by atoms with Crippen LogP contribution < -0.4 is 9.80 Å². The highest BCUT2D eigenvalue weighted by Gasteiger charge is 2.35. The van der Waals surface area contributed by atoms with Crippen LogP contribution in [0, 0.1) is 0 Å². The van der Waals surface area contributed by atoms with E-state index < -0.39 is 31.0 Å². The summed E-state index contributed by atoms with van der Waals surface area (Å²) in [5, 5.41) is 10.1. The molecule has 0 aliphatic carbocycles. The Balaban J connectivity index is 1.90. The number of aliphatic hydroxyl groups excluding tert-OH is 1. The molecule has 2 aromatic rings. The molecule has 1 fully saturated rings. The highest BCUT2D eigenvalue weighted by atomic mass is 32.1. The number of likely N-dealkylation sites (N-methyl/N-ethyl adjacent to an activating group) is 1. The molecule has 170 valence electrons.